The summed E-state index contributed by atoms with van der Waals surface area (Å²) < 4.78 is 0. The quantitative estimate of drug-likeness (QED) is 0.694. The molecule has 0 radical (unpaired) electrons. The van der Waals surface area contributed by atoms with E-state index in [1.165, 1.54) is 19.4 Å². The molecule has 0 amide bonds. The predicted molar refractivity (Wildman–Crippen MR) is 64.0 cm³/mol. The zero-order chi connectivity index (χ0) is 11.3. The van der Waals surface area contributed by atoms with Gasteiger partial charge in [0, 0.05) is 18.6 Å². The van der Waals surface area contributed by atoms with Gasteiger partial charge < -0.3 is 10.4 Å². The van der Waals surface area contributed by atoms with Gasteiger partial charge in [0.25, 0.3) is 0 Å². The molecule has 2 N–H and O–H groups in total. The lowest BCUT2D eigenvalue weighted by Gasteiger charge is -2.27. The second-order valence-electron chi connectivity index (χ2n) is 4.97. The van der Waals surface area contributed by atoms with Crippen LogP contribution in [0.2, 0.25) is 0 Å². The summed E-state index contributed by atoms with van der Waals surface area (Å²) in [5.74, 6) is 0.813. The van der Waals surface area contributed by atoms with E-state index in [4.69, 9.17) is 5.11 Å². The third kappa shape index (κ3) is 4.09. The van der Waals surface area contributed by atoms with Crippen molar-refractivity contribution in [3.8, 4) is 0 Å². The van der Waals surface area contributed by atoms with Gasteiger partial charge in [-0.3, -0.25) is 4.90 Å². The first-order valence-corrected chi connectivity index (χ1v) is 6.23. The van der Waals surface area contributed by atoms with Crippen LogP contribution in [0.5, 0.6) is 0 Å². The SMILES string of the molecule is CC1CCNC1CCN(CCO)C(C)C. The van der Waals surface area contributed by atoms with Crippen molar-refractivity contribution in [2.45, 2.75) is 45.7 Å². The van der Waals surface area contributed by atoms with E-state index < -0.39 is 0 Å². The van der Waals surface area contributed by atoms with Gasteiger partial charge in [-0.25, -0.2) is 0 Å². The second-order valence-corrected chi connectivity index (χ2v) is 4.97. The summed E-state index contributed by atoms with van der Waals surface area (Å²) in [5.41, 5.74) is 0. The number of nitrogens with one attached hydrogen (secondary N) is 1. The number of hydrogen-bond acceptors (Lipinski definition) is 3. The fourth-order valence-electron chi connectivity index (χ4n) is 2.35. The van der Waals surface area contributed by atoms with E-state index in [2.05, 4.69) is 31.0 Å². The molecule has 3 heteroatoms. The average molecular weight is 214 g/mol. The minimum Gasteiger partial charge on any atom is -0.395 e. The van der Waals surface area contributed by atoms with Crippen LogP contribution in [0.4, 0.5) is 0 Å². The van der Waals surface area contributed by atoms with Gasteiger partial charge >= 0.3 is 0 Å². The van der Waals surface area contributed by atoms with Gasteiger partial charge in [0.1, 0.15) is 0 Å². The summed E-state index contributed by atoms with van der Waals surface area (Å²) >= 11 is 0. The first-order chi connectivity index (χ1) is 7.15. The molecule has 0 saturated carbocycles. The summed E-state index contributed by atoms with van der Waals surface area (Å²) in [6, 6.07) is 1.22. The van der Waals surface area contributed by atoms with Crippen LogP contribution in [-0.4, -0.2) is 48.3 Å². The molecule has 0 aliphatic carbocycles. The molecule has 0 aromatic rings. The Bertz CT molecular complexity index is 173. The Hall–Kier alpha value is -0.120. The highest BCUT2D eigenvalue weighted by Gasteiger charge is 2.23. The van der Waals surface area contributed by atoms with Gasteiger partial charge in [-0.15, -0.1) is 0 Å². The van der Waals surface area contributed by atoms with Crippen molar-refractivity contribution < 1.29 is 5.11 Å². The van der Waals surface area contributed by atoms with Gasteiger partial charge in [0.2, 0.25) is 0 Å². The molecule has 90 valence electrons. The number of aliphatic hydroxyl groups is 1. The molecule has 1 rings (SSSR count). The Morgan fingerprint density at radius 3 is 2.60 bits per heavy atom. The first kappa shape index (κ1) is 12.9. The molecule has 15 heavy (non-hydrogen) atoms. The molecule has 0 aromatic heterocycles. The molecule has 0 aromatic carbocycles. The minimum atomic E-state index is 0.270. The van der Waals surface area contributed by atoms with Crippen molar-refractivity contribution in [3.63, 3.8) is 0 Å². The minimum absolute atomic E-state index is 0.270. The largest absolute Gasteiger partial charge is 0.395 e. The van der Waals surface area contributed by atoms with Gasteiger partial charge in [0.05, 0.1) is 6.61 Å². The molecule has 1 heterocycles. The average Bonchev–Trinajstić information content (AvgIpc) is 2.58. The maximum atomic E-state index is 8.97. The molecule has 2 atom stereocenters. The normalized spacial score (nSPS) is 26.8. The standard InChI is InChI=1S/C12H26N2O/c1-10(2)14(8-9-15)7-5-12-11(3)4-6-13-12/h10-13,15H,4-9H2,1-3H3. The Balaban J connectivity index is 2.26. The molecule has 1 fully saturated rings. The summed E-state index contributed by atoms with van der Waals surface area (Å²) in [5, 5.41) is 12.5. The number of rotatable bonds is 6. The second kappa shape index (κ2) is 6.46. The Morgan fingerprint density at radius 1 is 1.40 bits per heavy atom. The van der Waals surface area contributed by atoms with E-state index in [-0.39, 0.29) is 6.61 Å². The summed E-state index contributed by atoms with van der Waals surface area (Å²) in [4.78, 5) is 2.35. The maximum absolute atomic E-state index is 8.97. The number of aliphatic hydroxyl groups excluding tert-OH is 1. The monoisotopic (exact) mass is 214 g/mol. The third-order valence-electron chi connectivity index (χ3n) is 3.54. The van der Waals surface area contributed by atoms with E-state index in [1.54, 1.807) is 0 Å². The van der Waals surface area contributed by atoms with Crippen molar-refractivity contribution in [1.82, 2.24) is 10.2 Å². The zero-order valence-electron chi connectivity index (χ0n) is 10.4. The number of nitrogens with zero attached hydrogens (tertiary/aromatic N) is 1. The lowest BCUT2D eigenvalue weighted by Crippen LogP contribution is -2.38. The predicted octanol–water partition coefficient (Wildman–Crippen LogP) is 1.08. The Morgan fingerprint density at radius 2 is 2.13 bits per heavy atom. The Kier molecular flexibility index (Phi) is 5.58. The molecule has 0 bridgehead atoms. The topological polar surface area (TPSA) is 35.5 Å². The van der Waals surface area contributed by atoms with Crippen LogP contribution in [-0.2, 0) is 0 Å². The highest BCUT2D eigenvalue weighted by atomic mass is 16.3. The smallest absolute Gasteiger partial charge is 0.0558 e. The van der Waals surface area contributed by atoms with Crippen LogP contribution in [0.3, 0.4) is 0 Å². The van der Waals surface area contributed by atoms with E-state index >= 15 is 0 Å². The molecule has 2 unspecified atom stereocenters. The lowest BCUT2D eigenvalue weighted by molar-refractivity contribution is 0.158. The van der Waals surface area contributed by atoms with E-state index in [9.17, 15) is 0 Å². The fraction of sp³-hybridized carbons (Fsp3) is 1.00. The maximum Gasteiger partial charge on any atom is 0.0558 e. The van der Waals surface area contributed by atoms with Crippen LogP contribution in [0.25, 0.3) is 0 Å². The highest BCUT2D eigenvalue weighted by Crippen LogP contribution is 2.17. The summed E-state index contributed by atoms with van der Waals surface area (Å²) in [6.45, 7) is 10.1. The van der Waals surface area contributed by atoms with Crippen LogP contribution in [0.1, 0.15) is 33.6 Å². The summed E-state index contributed by atoms with van der Waals surface area (Å²) in [7, 11) is 0. The molecule has 0 spiro atoms. The Labute approximate surface area is 93.9 Å². The molecule has 1 aliphatic heterocycles. The van der Waals surface area contributed by atoms with Crippen LogP contribution < -0.4 is 5.32 Å². The van der Waals surface area contributed by atoms with E-state index in [0.717, 1.165) is 19.0 Å². The van der Waals surface area contributed by atoms with Crippen LogP contribution in [0, 0.1) is 5.92 Å². The van der Waals surface area contributed by atoms with Gasteiger partial charge in [-0.1, -0.05) is 6.92 Å². The molecule has 1 saturated heterocycles. The van der Waals surface area contributed by atoms with Crippen LogP contribution >= 0.6 is 0 Å². The van der Waals surface area contributed by atoms with E-state index in [1.807, 2.05) is 0 Å². The van der Waals surface area contributed by atoms with E-state index in [0.29, 0.717) is 12.1 Å². The van der Waals surface area contributed by atoms with Crippen LogP contribution in [0.15, 0.2) is 0 Å². The van der Waals surface area contributed by atoms with Crippen molar-refractivity contribution in [3.05, 3.63) is 0 Å². The van der Waals surface area contributed by atoms with Gasteiger partial charge in [-0.05, 0) is 45.7 Å². The lowest BCUT2D eigenvalue weighted by atomic mass is 10.0. The zero-order valence-corrected chi connectivity index (χ0v) is 10.4. The highest BCUT2D eigenvalue weighted by molar-refractivity contribution is 4.81. The van der Waals surface area contributed by atoms with Crippen molar-refractivity contribution >= 4 is 0 Å². The number of hydrogen-bond donors (Lipinski definition) is 2. The fourth-order valence-corrected chi connectivity index (χ4v) is 2.35. The molecule has 1 aliphatic rings. The third-order valence-corrected chi connectivity index (χ3v) is 3.54. The summed E-state index contributed by atoms with van der Waals surface area (Å²) in [6.07, 6.45) is 2.52. The molecule has 3 nitrogen and oxygen atoms in total. The van der Waals surface area contributed by atoms with Gasteiger partial charge in [-0.2, -0.15) is 0 Å². The van der Waals surface area contributed by atoms with Crippen molar-refractivity contribution in [2.24, 2.45) is 5.92 Å². The molecular weight excluding hydrogens is 188 g/mol. The molecular formula is C12H26N2O. The van der Waals surface area contributed by atoms with Gasteiger partial charge in [0.15, 0.2) is 0 Å². The van der Waals surface area contributed by atoms with Crippen molar-refractivity contribution in [1.29, 1.82) is 0 Å². The first-order valence-electron chi connectivity index (χ1n) is 6.23. The van der Waals surface area contributed by atoms with Crippen molar-refractivity contribution in [2.75, 3.05) is 26.2 Å².